The molecule has 2 rings (SSSR count). The van der Waals surface area contributed by atoms with E-state index in [9.17, 15) is 30.3 Å². The van der Waals surface area contributed by atoms with Crippen molar-refractivity contribution in [3.63, 3.8) is 0 Å². The first-order chi connectivity index (χ1) is 13.3. The molecule has 0 aliphatic rings. The Hall–Kier alpha value is -4.26. The zero-order valence-electron chi connectivity index (χ0n) is 14.7. The molecule has 0 heterocycles. The maximum Gasteiger partial charge on any atom is 0.274 e. The molecule has 0 saturated carbocycles. The fraction of sp³-hybridized carbons (Fsp3) is 0.111. The van der Waals surface area contributed by atoms with Crippen LogP contribution in [0, 0.1) is 31.6 Å². The first-order valence-electron chi connectivity index (χ1n) is 7.63. The SMILES string of the molecule is COc1cc([N+](=O)[O-])cc(/C=C(/C#N)C(=O)c2cccc([N+](=O)[O-])c2)c1OC. The fourth-order valence-electron chi connectivity index (χ4n) is 2.41. The summed E-state index contributed by atoms with van der Waals surface area (Å²) in [5.74, 6) is -0.644. The highest BCUT2D eigenvalue weighted by molar-refractivity contribution is 6.14. The van der Waals surface area contributed by atoms with E-state index >= 15 is 0 Å². The van der Waals surface area contributed by atoms with Crippen LogP contribution < -0.4 is 9.47 Å². The number of carbonyl (C=O) groups is 1. The minimum Gasteiger partial charge on any atom is -0.493 e. The summed E-state index contributed by atoms with van der Waals surface area (Å²) >= 11 is 0. The molecule has 0 saturated heterocycles. The van der Waals surface area contributed by atoms with Gasteiger partial charge in [0.15, 0.2) is 11.5 Å². The molecule has 2 aromatic rings. The molecule has 0 fully saturated rings. The number of nitro groups is 2. The van der Waals surface area contributed by atoms with Gasteiger partial charge in [-0.25, -0.2) is 0 Å². The number of allylic oxidation sites excluding steroid dienone is 1. The van der Waals surface area contributed by atoms with Crippen LogP contribution in [0.5, 0.6) is 11.5 Å². The van der Waals surface area contributed by atoms with Gasteiger partial charge in [-0.3, -0.25) is 25.0 Å². The molecule has 0 atom stereocenters. The topological polar surface area (TPSA) is 146 Å². The summed E-state index contributed by atoms with van der Waals surface area (Å²) in [5.41, 5.74) is -1.02. The number of hydrogen-bond acceptors (Lipinski definition) is 8. The second kappa shape index (κ2) is 8.41. The molecule has 0 aromatic heterocycles. The molecule has 0 radical (unpaired) electrons. The molecule has 0 amide bonds. The lowest BCUT2D eigenvalue weighted by molar-refractivity contribution is -0.385. The molecule has 10 nitrogen and oxygen atoms in total. The van der Waals surface area contributed by atoms with E-state index in [0.717, 1.165) is 24.3 Å². The predicted molar refractivity (Wildman–Crippen MR) is 97.2 cm³/mol. The minimum atomic E-state index is -0.779. The van der Waals surface area contributed by atoms with E-state index in [1.54, 1.807) is 6.07 Å². The molecule has 28 heavy (non-hydrogen) atoms. The summed E-state index contributed by atoms with van der Waals surface area (Å²) in [7, 11) is 2.59. The molecule has 2 aromatic carbocycles. The standard InChI is InChI=1S/C18H13N3O7/c1-27-16-9-15(21(25)26)8-12(18(16)28-2)6-13(10-19)17(22)11-4-3-5-14(7-11)20(23)24/h3-9H,1-2H3/b13-6-. The van der Waals surface area contributed by atoms with Gasteiger partial charge >= 0.3 is 0 Å². The number of rotatable bonds is 7. The Kier molecular flexibility index (Phi) is 6.03. The van der Waals surface area contributed by atoms with Crippen LogP contribution in [0.25, 0.3) is 6.08 Å². The van der Waals surface area contributed by atoms with Crippen molar-refractivity contribution >= 4 is 23.2 Å². The van der Waals surface area contributed by atoms with E-state index in [4.69, 9.17) is 9.47 Å². The minimum absolute atomic E-state index is 0.0445. The molecule has 0 spiro atoms. The fourth-order valence-corrected chi connectivity index (χ4v) is 2.41. The van der Waals surface area contributed by atoms with Crippen LogP contribution in [0.1, 0.15) is 15.9 Å². The Balaban J connectivity index is 2.61. The Morgan fingerprint density at radius 2 is 1.75 bits per heavy atom. The molecule has 142 valence electrons. The van der Waals surface area contributed by atoms with Crippen LogP contribution in [-0.4, -0.2) is 29.8 Å². The van der Waals surface area contributed by atoms with Gasteiger partial charge in [-0.15, -0.1) is 0 Å². The first kappa shape index (κ1) is 20.1. The van der Waals surface area contributed by atoms with Crippen molar-refractivity contribution in [2.24, 2.45) is 0 Å². The van der Waals surface area contributed by atoms with Crippen molar-refractivity contribution in [3.05, 3.63) is 73.3 Å². The largest absolute Gasteiger partial charge is 0.493 e. The number of carbonyl (C=O) groups excluding carboxylic acids is 1. The van der Waals surface area contributed by atoms with Gasteiger partial charge in [0.25, 0.3) is 11.4 Å². The van der Waals surface area contributed by atoms with Crippen molar-refractivity contribution in [1.82, 2.24) is 0 Å². The average Bonchev–Trinajstić information content (AvgIpc) is 2.70. The molecule has 0 N–H and O–H groups in total. The van der Waals surface area contributed by atoms with E-state index in [1.165, 1.54) is 32.4 Å². The summed E-state index contributed by atoms with van der Waals surface area (Å²) < 4.78 is 10.2. The van der Waals surface area contributed by atoms with Crippen molar-refractivity contribution in [3.8, 4) is 17.6 Å². The maximum absolute atomic E-state index is 12.6. The highest BCUT2D eigenvalue weighted by Gasteiger charge is 2.20. The van der Waals surface area contributed by atoms with Gasteiger partial charge in [-0.2, -0.15) is 5.26 Å². The van der Waals surface area contributed by atoms with Crippen molar-refractivity contribution in [2.45, 2.75) is 0 Å². The van der Waals surface area contributed by atoms with Crippen LogP contribution in [-0.2, 0) is 0 Å². The van der Waals surface area contributed by atoms with Crippen molar-refractivity contribution < 1.29 is 24.1 Å². The van der Waals surface area contributed by atoms with Crippen LogP contribution in [0.2, 0.25) is 0 Å². The molecule has 0 aliphatic carbocycles. The van der Waals surface area contributed by atoms with Gasteiger partial charge in [-0.1, -0.05) is 12.1 Å². The number of non-ortho nitro benzene ring substituents is 2. The number of ketones is 1. The number of nitriles is 1. The third kappa shape index (κ3) is 4.10. The quantitative estimate of drug-likeness (QED) is 0.233. The Morgan fingerprint density at radius 1 is 1.07 bits per heavy atom. The van der Waals surface area contributed by atoms with Gasteiger partial charge in [-0.05, 0) is 6.08 Å². The van der Waals surface area contributed by atoms with Gasteiger partial charge < -0.3 is 9.47 Å². The van der Waals surface area contributed by atoms with Gasteiger partial charge in [0, 0.05) is 29.3 Å². The molecule has 0 unspecified atom stereocenters. The maximum atomic E-state index is 12.6. The summed E-state index contributed by atoms with van der Waals surface area (Å²) in [6.07, 6.45) is 1.11. The third-order valence-electron chi connectivity index (χ3n) is 3.69. The monoisotopic (exact) mass is 383 g/mol. The molecule has 10 heteroatoms. The second-order valence-corrected chi connectivity index (χ2v) is 5.33. The van der Waals surface area contributed by atoms with E-state index in [0.29, 0.717) is 0 Å². The van der Waals surface area contributed by atoms with Crippen LogP contribution >= 0.6 is 0 Å². The van der Waals surface area contributed by atoms with E-state index in [2.05, 4.69) is 0 Å². The number of ether oxygens (including phenoxy) is 2. The van der Waals surface area contributed by atoms with Crippen LogP contribution in [0.15, 0.2) is 42.0 Å². The zero-order valence-corrected chi connectivity index (χ0v) is 14.7. The number of methoxy groups -OCH3 is 2. The van der Waals surface area contributed by atoms with Gasteiger partial charge in [0.2, 0.25) is 5.78 Å². The van der Waals surface area contributed by atoms with Crippen molar-refractivity contribution in [2.75, 3.05) is 14.2 Å². The molecule has 0 aliphatic heterocycles. The number of nitro benzene ring substituents is 2. The highest BCUT2D eigenvalue weighted by Crippen LogP contribution is 2.37. The average molecular weight is 383 g/mol. The predicted octanol–water partition coefficient (Wildman–Crippen LogP) is 3.31. The molecule has 0 bridgehead atoms. The number of hydrogen-bond donors (Lipinski definition) is 0. The lowest BCUT2D eigenvalue weighted by atomic mass is 10.0. The summed E-state index contributed by atoms with van der Waals surface area (Å²) in [6.45, 7) is 0. The lowest BCUT2D eigenvalue weighted by Crippen LogP contribution is -2.03. The molecular weight excluding hydrogens is 370 g/mol. The smallest absolute Gasteiger partial charge is 0.274 e. The Morgan fingerprint density at radius 3 is 2.29 bits per heavy atom. The number of Topliss-reactive ketones (excluding diaryl/α,β-unsaturated/α-hetero) is 1. The van der Waals surface area contributed by atoms with Gasteiger partial charge in [0.05, 0.1) is 30.1 Å². The van der Waals surface area contributed by atoms with Crippen molar-refractivity contribution in [1.29, 1.82) is 5.26 Å². The van der Waals surface area contributed by atoms with Crippen LogP contribution in [0.3, 0.4) is 0 Å². The third-order valence-corrected chi connectivity index (χ3v) is 3.69. The summed E-state index contributed by atoms with van der Waals surface area (Å²) in [5, 5.41) is 31.4. The summed E-state index contributed by atoms with van der Waals surface area (Å²) in [6, 6.07) is 8.87. The molecular formula is C18H13N3O7. The summed E-state index contributed by atoms with van der Waals surface area (Å²) in [4.78, 5) is 33.3. The second-order valence-electron chi connectivity index (χ2n) is 5.33. The highest BCUT2D eigenvalue weighted by atomic mass is 16.6. The Bertz CT molecular complexity index is 1040. The number of nitrogens with zero attached hydrogens (tertiary/aromatic N) is 3. The lowest BCUT2D eigenvalue weighted by Gasteiger charge is -2.10. The van der Waals surface area contributed by atoms with E-state index in [1.807, 2.05) is 0 Å². The Labute approximate surface area is 158 Å². The first-order valence-corrected chi connectivity index (χ1v) is 7.63. The van der Waals surface area contributed by atoms with Crippen LogP contribution in [0.4, 0.5) is 11.4 Å². The number of benzene rings is 2. The van der Waals surface area contributed by atoms with E-state index < -0.39 is 15.6 Å². The van der Waals surface area contributed by atoms with E-state index in [-0.39, 0.29) is 39.6 Å². The van der Waals surface area contributed by atoms with Gasteiger partial charge in [0.1, 0.15) is 11.6 Å². The normalized spacial score (nSPS) is 10.7. The zero-order chi connectivity index (χ0) is 20.8.